The minimum atomic E-state index is -2.60. The van der Waals surface area contributed by atoms with Gasteiger partial charge in [-0.1, -0.05) is 34.4 Å². The van der Waals surface area contributed by atoms with Crippen molar-refractivity contribution in [2.24, 2.45) is 4.36 Å². The summed E-state index contributed by atoms with van der Waals surface area (Å²) in [6.45, 7) is 1.57. The minimum absolute atomic E-state index is 0.112. The first-order chi connectivity index (χ1) is 9.70. The van der Waals surface area contributed by atoms with Gasteiger partial charge in [0.1, 0.15) is 17.0 Å². The Morgan fingerprint density at radius 2 is 1.86 bits per heavy atom. The number of aromatic nitrogens is 1. The molecule has 21 heavy (non-hydrogen) atoms. The number of nitrogens with zero attached hydrogens (tertiary/aromatic N) is 2. The number of halogens is 2. The van der Waals surface area contributed by atoms with Crippen LogP contribution in [-0.4, -0.2) is 27.8 Å². The summed E-state index contributed by atoms with van der Waals surface area (Å²) in [5.74, 6) is -0.409. The Morgan fingerprint density at radius 1 is 1.29 bits per heavy atom. The predicted molar refractivity (Wildman–Crippen MR) is 83.4 cm³/mol. The monoisotopic (exact) mass is 346 g/mol. The highest BCUT2D eigenvalue weighted by molar-refractivity contribution is 7.92. The average molecular weight is 347 g/mol. The lowest BCUT2D eigenvalue weighted by Crippen LogP contribution is -2.03. The second-order valence-corrected chi connectivity index (χ2v) is 8.00. The van der Waals surface area contributed by atoms with Gasteiger partial charge in [-0.15, -0.1) is 0 Å². The molecule has 0 radical (unpaired) electrons. The van der Waals surface area contributed by atoms with E-state index in [4.69, 9.17) is 27.7 Å². The third-order valence-corrected chi connectivity index (χ3v) is 3.81. The summed E-state index contributed by atoms with van der Waals surface area (Å²) < 4.78 is 20.4. The van der Waals surface area contributed by atoms with Crippen LogP contribution in [0.4, 0.5) is 0 Å². The second kappa shape index (κ2) is 5.79. The number of hydrogen-bond acceptors (Lipinski definition) is 4. The normalized spacial score (nSPS) is 11.5. The van der Waals surface area contributed by atoms with E-state index in [1.807, 2.05) is 0 Å². The van der Waals surface area contributed by atoms with Gasteiger partial charge in [-0.2, -0.15) is 4.36 Å². The molecule has 0 saturated carbocycles. The molecule has 8 heteroatoms. The molecule has 2 aromatic rings. The van der Waals surface area contributed by atoms with Crippen LogP contribution in [0.5, 0.6) is 0 Å². The highest BCUT2D eigenvalue weighted by Crippen LogP contribution is 2.36. The SMILES string of the molecule is Cc1onc(-c2c(Cl)cccc2Cl)c1C(=O)N=S(C)(C)=O. The van der Waals surface area contributed by atoms with Crippen LogP contribution < -0.4 is 0 Å². The lowest BCUT2D eigenvalue weighted by Gasteiger charge is -2.04. The van der Waals surface area contributed by atoms with Crippen molar-refractivity contribution in [1.29, 1.82) is 0 Å². The summed E-state index contributed by atoms with van der Waals surface area (Å²) in [6, 6.07) is 4.93. The number of aryl methyl sites for hydroxylation is 1. The molecule has 0 aliphatic carbocycles. The van der Waals surface area contributed by atoms with Gasteiger partial charge in [-0.25, -0.2) is 4.21 Å². The molecule has 1 aromatic heterocycles. The molecule has 0 spiro atoms. The van der Waals surface area contributed by atoms with E-state index in [2.05, 4.69) is 9.52 Å². The van der Waals surface area contributed by atoms with E-state index in [1.54, 1.807) is 25.1 Å². The van der Waals surface area contributed by atoms with E-state index in [0.717, 1.165) is 0 Å². The molecule has 1 heterocycles. The Kier molecular flexibility index (Phi) is 4.41. The van der Waals surface area contributed by atoms with Crippen LogP contribution in [0.2, 0.25) is 10.0 Å². The third-order valence-electron chi connectivity index (χ3n) is 2.58. The Morgan fingerprint density at radius 3 is 2.38 bits per heavy atom. The van der Waals surface area contributed by atoms with Crippen LogP contribution in [0.25, 0.3) is 11.3 Å². The minimum Gasteiger partial charge on any atom is -0.360 e. The first kappa shape index (κ1) is 16.0. The summed E-state index contributed by atoms with van der Waals surface area (Å²) in [6.07, 6.45) is 2.74. The Bertz CT molecular complexity index is 808. The van der Waals surface area contributed by atoms with Gasteiger partial charge in [0.2, 0.25) is 0 Å². The van der Waals surface area contributed by atoms with Crippen molar-refractivity contribution in [3.05, 3.63) is 39.6 Å². The van der Waals surface area contributed by atoms with Crippen molar-refractivity contribution in [1.82, 2.24) is 5.16 Å². The van der Waals surface area contributed by atoms with E-state index < -0.39 is 15.6 Å². The van der Waals surface area contributed by atoms with Gasteiger partial charge in [0, 0.05) is 27.8 Å². The fourth-order valence-corrected chi connectivity index (χ4v) is 2.83. The zero-order chi connectivity index (χ0) is 15.8. The molecule has 1 aromatic carbocycles. The highest BCUT2D eigenvalue weighted by atomic mass is 35.5. The van der Waals surface area contributed by atoms with E-state index in [0.29, 0.717) is 15.6 Å². The molecule has 0 atom stereocenters. The summed E-state index contributed by atoms with van der Waals surface area (Å²) in [5.41, 5.74) is 0.692. The van der Waals surface area contributed by atoms with Gasteiger partial charge < -0.3 is 4.52 Å². The van der Waals surface area contributed by atoms with Gasteiger partial charge in [-0.05, 0) is 19.1 Å². The van der Waals surface area contributed by atoms with Crippen molar-refractivity contribution < 1.29 is 13.5 Å². The van der Waals surface area contributed by atoms with Crippen molar-refractivity contribution in [2.75, 3.05) is 12.5 Å². The molecular weight excluding hydrogens is 335 g/mol. The zero-order valence-electron chi connectivity index (χ0n) is 11.5. The molecule has 1 amide bonds. The van der Waals surface area contributed by atoms with Crippen molar-refractivity contribution in [2.45, 2.75) is 6.92 Å². The van der Waals surface area contributed by atoms with Crippen molar-refractivity contribution in [3.8, 4) is 11.3 Å². The van der Waals surface area contributed by atoms with Crippen molar-refractivity contribution >= 4 is 38.8 Å². The molecule has 0 aliphatic heterocycles. The van der Waals surface area contributed by atoms with Gasteiger partial charge in [-0.3, -0.25) is 4.79 Å². The van der Waals surface area contributed by atoms with Crippen LogP contribution in [0.1, 0.15) is 16.1 Å². The molecule has 0 bridgehead atoms. The first-order valence-corrected chi connectivity index (χ1v) is 8.91. The molecule has 0 fully saturated rings. The quantitative estimate of drug-likeness (QED) is 0.828. The summed E-state index contributed by atoms with van der Waals surface area (Å²) in [4.78, 5) is 12.2. The van der Waals surface area contributed by atoms with E-state index in [1.165, 1.54) is 12.5 Å². The van der Waals surface area contributed by atoms with Crippen LogP contribution in [0.3, 0.4) is 0 Å². The maximum atomic E-state index is 12.2. The molecule has 0 saturated heterocycles. The van der Waals surface area contributed by atoms with Crippen LogP contribution in [-0.2, 0) is 9.73 Å². The summed E-state index contributed by atoms with van der Waals surface area (Å²) in [5, 5.41) is 4.51. The second-order valence-electron chi connectivity index (χ2n) is 4.64. The standard InChI is InChI=1S/C13H12Cl2N2O3S/c1-7-10(13(18)17-21(2,3)19)12(16-20-7)11-8(14)5-4-6-9(11)15/h4-6H,1-3H3. The first-order valence-electron chi connectivity index (χ1n) is 5.83. The molecule has 0 N–H and O–H groups in total. The lowest BCUT2D eigenvalue weighted by atomic mass is 10.1. The fourth-order valence-electron chi connectivity index (χ4n) is 1.76. The van der Waals surface area contributed by atoms with E-state index in [-0.39, 0.29) is 17.0 Å². The van der Waals surface area contributed by atoms with Crippen LogP contribution in [0.15, 0.2) is 27.1 Å². The Balaban J connectivity index is 2.70. The number of rotatable bonds is 2. The maximum Gasteiger partial charge on any atom is 0.290 e. The van der Waals surface area contributed by atoms with Gasteiger partial charge in [0.25, 0.3) is 5.91 Å². The topological polar surface area (TPSA) is 72.5 Å². The van der Waals surface area contributed by atoms with Gasteiger partial charge in [0.05, 0.1) is 10.0 Å². The largest absolute Gasteiger partial charge is 0.360 e. The number of benzene rings is 1. The fraction of sp³-hybridized carbons (Fsp3) is 0.231. The van der Waals surface area contributed by atoms with Crippen LogP contribution in [0, 0.1) is 6.92 Å². The lowest BCUT2D eigenvalue weighted by molar-refractivity contribution is 0.100. The molecule has 2 rings (SSSR count). The molecule has 5 nitrogen and oxygen atoms in total. The number of carbonyl (C=O) groups excluding carboxylic acids is 1. The molecular formula is C13H12Cl2N2O3S. The average Bonchev–Trinajstić information content (AvgIpc) is 2.68. The van der Waals surface area contributed by atoms with Crippen molar-refractivity contribution in [3.63, 3.8) is 0 Å². The maximum absolute atomic E-state index is 12.2. The number of hydrogen-bond donors (Lipinski definition) is 0. The van der Waals surface area contributed by atoms with E-state index >= 15 is 0 Å². The smallest absolute Gasteiger partial charge is 0.290 e. The molecule has 0 aliphatic rings. The zero-order valence-corrected chi connectivity index (χ0v) is 13.8. The molecule has 0 unspecified atom stereocenters. The summed E-state index contributed by atoms with van der Waals surface area (Å²) >= 11 is 12.2. The third kappa shape index (κ3) is 3.45. The Hall–Kier alpha value is -1.37. The molecule has 112 valence electrons. The van der Waals surface area contributed by atoms with Gasteiger partial charge in [0.15, 0.2) is 0 Å². The number of amides is 1. The highest BCUT2D eigenvalue weighted by Gasteiger charge is 2.25. The van der Waals surface area contributed by atoms with E-state index in [9.17, 15) is 9.00 Å². The predicted octanol–water partition coefficient (Wildman–Crippen LogP) is 3.82. The van der Waals surface area contributed by atoms with Crippen LogP contribution >= 0.6 is 23.2 Å². The number of carbonyl (C=O) groups is 1. The van der Waals surface area contributed by atoms with Gasteiger partial charge >= 0.3 is 0 Å². The Labute approximate surface area is 132 Å². The summed E-state index contributed by atoms with van der Waals surface area (Å²) in [7, 11) is -2.60.